The Morgan fingerprint density at radius 2 is 1.88 bits per heavy atom. The predicted molar refractivity (Wildman–Crippen MR) is 119 cm³/mol. The van der Waals surface area contributed by atoms with E-state index in [1.807, 2.05) is 30.3 Å². The Morgan fingerprint density at radius 3 is 2.62 bits per heavy atom. The number of carbonyl (C=O) groups is 4. The second-order valence-electron chi connectivity index (χ2n) is 8.39. The maximum absolute atomic E-state index is 13.2. The van der Waals surface area contributed by atoms with Crippen LogP contribution >= 0.6 is 0 Å². The lowest BCUT2D eigenvalue weighted by Crippen LogP contribution is -2.58. The number of likely N-dealkylation sites (tertiary alicyclic amines) is 1. The quantitative estimate of drug-likeness (QED) is 0.537. The van der Waals surface area contributed by atoms with E-state index < -0.39 is 17.5 Å². The van der Waals surface area contributed by atoms with Crippen LogP contribution in [0.4, 0.5) is 10.5 Å². The van der Waals surface area contributed by atoms with Crippen molar-refractivity contribution < 1.29 is 19.2 Å². The molecule has 2 fully saturated rings. The molecule has 0 aliphatic carbocycles. The Morgan fingerprint density at radius 1 is 1.09 bits per heavy atom. The molecule has 1 atom stereocenters. The molecule has 166 valence electrons. The molecule has 8 nitrogen and oxygen atoms in total. The molecule has 2 aromatic rings. The normalized spacial score (nSPS) is 21.0. The predicted octanol–water partition coefficient (Wildman–Crippen LogP) is 2.41. The van der Waals surface area contributed by atoms with Gasteiger partial charge in [-0.15, -0.1) is 0 Å². The molecule has 0 radical (unpaired) electrons. The second-order valence-corrected chi connectivity index (χ2v) is 8.39. The highest BCUT2D eigenvalue weighted by atomic mass is 16.2. The van der Waals surface area contributed by atoms with Crippen LogP contribution in [0.2, 0.25) is 0 Å². The topological polar surface area (TPSA) is 98.8 Å². The number of piperidine rings is 1. The van der Waals surface area contributed by atoms with E-state index in [-0.39, 0.29) is 18.2 Å². The summed E-state index contributed by atoms with van der Waals surface area (Å²) < 4.78 is 0. The van der Waals surface area contributed by atoms with Crippen molar-refractivity contribution in [3.05, 3.63) is 65.7 Å². The van der Waals surface area contributed by atoms with Gasteiger partial charge in [0.2, 0.25) is 5.91 Å². The minimum absolute atomic E-state index is 0.116. The Labute approximate surface area is 186 Å². The first kappa shape index (κ1) is 21.7. The lowest BCUT2D eigenvalue weighted by atomic mass is 9.88. The summed E-state index contributed by atoms with van der Waals surface area (Å²) in [5.41, 5.74) is 1.05. The highest BCUT2D eigenvalue weighted by Crippen LogP contribution is 2.29. The van der Waals surface area contributed by atoms with Crippen LogP contribution < -0.4 is 10.6 Å². The molecule has 4 rings (SSSR count). The van der Waals surface area contributed by atoms with Gasteiger partial charge < -0.3 is 10.6 Å². The molecule has 1 spiro atoms. The minimum Gasteiger partial charge on any atom is -0.325 e. The van der Waals surface area contributed by atoms with Crippen molar-refractivity contribution in [2.75, 3.05) is 25.0 Å². The number of hydrogen-bond donors (Lipinski definition) is 2. The van der Waals surface area contributed by atoms with Crippen LogP contribution in [0.1, 0.15) is 35.7 Å². The first-order valence-electron chi connectivity index (χ1n) is 10.7. The van der Waals surface area contributed by atoms with Crippen molar-refractivity contribution in [3.8, 4) is 0 Å². The van der Waals surface area contributed by atoms with Crippen molar-refractivity contribution in [3.63, 3.8) is 0 Å². The average molecular weight is 434 g/mol. The summed E-state index contributed by atoms with van der Waals surface area (Å²) in [4.78, 5) is 53.0. The van der Waals surface area contributed by atoms with E-state index in [4.69, 9.17) is 0 Å². The number of carbonyl (C=O) groups excluding carboxylic acids is 4. The molecule has 2 aliphatic rings. The molecule has 2 heterocycles. The fourth-order valence-corrected chi connectivity index (χ4v) is 4.38. The molecule has 8 heteroatoms. The fraction of sp³-hybridized carbons (Fsp3) is 0.333. The van der Waals surface area contributed by atoms with Gasteiger partial charge in [0, 0.05) is 24.3 Å². The van der Waals surface area contributed by atoms with Crippen LogP contribution in [0.3, 0.4) is 0 Å². The summed E-state index contributed by atoms with van der Waals surface area (Å²) in [5.74, 6) is -0.981. The van der Waals surface area contributed by atoms with Crippen LogP contribution in [0.15, 0.2) is 54.6 Å². The molecule has 2 aromatic carbocycles. The first-order chi connectivity index (χ1) is 15.4. The van der Waals surface area contributed by atoms with Crippen LogP contribution in [0.25, 0.3) is 0 Å². The summed E-state index contributed by atoms with van der Waals surface area (Å²) in [6.07, 6.45) is 1.32. The average Bonchev–Trinajstić information content (AvgIpc) is 2.98. The zero-order chi connectivity index (χ0) is 22.7. The number of imide groups is 1. The van der Waals surface area contributed by atoms with Gasteiger partial charge >= 0.3 is 6.03 Å². The third kappa shape index (κ3) is 4.55. The maximum Gasteiger partial charge on any atom is 0.325 e. The van der Waals surface area contributed by atoms with Crippen LogP contribution in [-0.4, -0.2) is 58.6 Å². The largest absolute Gasteiger partial charge is 0.325 e. The summed E-state index contributed by atoms with van der Waals surface area (Å²) >= 11 is 0. The second kappa shape index (κ2) is 8.92. The number of Topliss-reactive ketones (excluding diaryl/α,β-unsaturated/α-hetero) is 1. The van der Waals surface area contributed by atoms with Crippen molar-refractivity contribution in [2.45, 2.75) is 31.8 Å². The van der Waals surface area contributed by atoms with Crippen molar-refractivity contribution in [2.24, 2.45) is 0 Å². The summed E-state index contributed by atoms with van der Waals surface area (Å²) in [7, 11) is 0. The van der Waals surface area contributed by atoms with Gasteiger partial charge in [0.1, 0.15) is 12.1 Å². The maximum atomic E-state index is 13.2. The zero-order valence-corrected chi connectivity index (χ0v) is 18.0. The number of hydrogen-bond acceptors (Lipinski definition) is 5. The molecular weight excluding hydrogens is 408 g/mol. The standard InChI is InChI=1S/C24H26N4O4/c1-17(29)19-9-5-10-20(13-19)25-21(30)15-28-22(31)24(26-23(28)32)11-6-12-27(16-24)14-18-7-3-2-4-8-18/h2-5,7-10,13H,6,11-12,14-16H2,1H3,(H,25,30)(H,26,32). The van der Waals surface area contributed by atoms with Gasteiger partial charge in [-0.25, -0.2) is 4.79 Å². The molecule has 0 saturated carbocycles. The third-order valence-corrected chi connectivity index (χ3v) is 5.92. The Bertz CT molecular complexity index is 1050. The van der Waals surface area contributed by atoms with Crippen LogP contribution in [0, 0.1) is 0 Å². The molecular formula is C24H26N4O4. The minimum atomic E-state index is -1.00. The molecule has 1 unspecified atom stereocenters. The number of ketones is 1. The van der Waals surface area contributed by atoms with Crippen LogP contribution in [0.5, 0.6) is 0 Å². The molecule has 32 heavy (non-hydrogen) atoms. The summed E-state index contributed by atoms with van der Waals surface area (Å²) in [5, 5.41) is 5.51. The Kier molecular flexibility index (Phi) is 6.05. The zero-order valence-electron chi connectivity index (χ0n) is 18.0. The molecule has 4 amide bonds. The van der Waals surface area contributed by atoms with Crippen molar-refractivity contribution >= 4 is 29.3 Å². The molecule has 2 N–H and O–H groups in total. The number of nitrogens with one attached hydrogen (secondary N) is 2. The number of urea groups is 1. The van der Waals surface area contributed by atoms with Gasteiger partial charge in [-0.3, -0.25) is 24.2 Å². The van der Waals surface area contributed by atoms with Gasteiger partial charge in [0.25, 0.3) is 5.91 Å². The van der Waals surface area contributed by atoms with Crippen LogP contribution in [-0.2, 0) is 16.1 Å². The van der Waals surface area contributed by atoms with E-state index in [2.05, 4.69) is 15.5 Å². The van der Waals surface area contributed by atoms with E-state index in [0.29, 0.717) is 30.8 Å². The highest BCUT2D eigenvalue weighted by molar-refractivity contribution is 6.10. The lowest BCUT2D eigenvalue weighted by molar-refractivity contribution is -0.135. The van der Waals surface area contributed by atoms with Gasteiger partial charge in [-0.1, -0.05) is 42.5 Å². The van der Waals surface area contributed by atoms with E-state index in [0.717, 1.165) is 23.4 Å². The van der Waals surface area contributed by atoms with E-state index in [1.54, 1.807) is 24.3 Å². The smallest absolute Gasteiger partial charge is 0.325 e. The summed E-state index contributed by atoms with van der Waals surface area (Å²) in [6, 6.07) is 16.0. The van der Waals surface area contributed by atoms with Crippen molar-refractivity contribution in [1.29, 1.82) is 0 Å². The van der Waals surface area contributed by atoms with Gasteiger partial charge in [0.05, 0.1) is 0 Å². The monoisotopic (exact) mass is 434 g/mol. The Hall–Kier alpha value is -3.52. The highest BCUT2D eigenvalue weighted by Gasteiger charge is 2.53. The number of nitrogens with zero attached hydrogens (tertiary/aromatic N) is 2. The molecule has 0 aromatic heterocycles. The third-order valence-electron chi connectivity index (χ3n) is 5.92. The number of benzene rings is 2. The van der Waals surface area contributed by atoms with Gasteiger partial charge in [-0.2, -0.15) is 0 Å². The van der Waals surface area contributed by atoms with E-state index in [9.17, 15) is 19.2 Å². The number of rotatable bonds is 6. The molecule has 0 bridgehead atoms. The Balaban J connectivity index is 1.41. The molecule has 2 saturated heterocycles. The van der Waals surface area contributed by atoms with E-state index in [1.165, 1.54) is 6.92 Å². The number of anilines is 1. The first-order valence-corrected chi connectivity index (χ1v) is 10.7. The van der Waals surface area contributed by atoms with Crippen molar-refractivity contribution in [1.82, 2.24) is 15.1 Å². The van der Waals surface area contributed by atoms with Gasteiger partial charge in [-0.05, 0) is 44.0 Å². The SMILES string of the molecule is CC(=O)c1cccc(NC(=O)CN2C(=O)NC3(CCCN(Cc4ccccc4)C3)C2=O)c1. The molecule has 2 aliphatic heterocycles. The summed E-state index contributed by atoms with van der Waals surface area (Å²) in [6.45, 7) is 3.00. The lowest BCUT2D eigenvalue weighted by Gasteiger charge is -2.38. The fourth-order valence-electron chi connectivity index (χ4n) is 4.38. The number of amides is 4. The van der Waals surface area contributed by atoms with Gasteiger partial charge in [0.15, 0.2) is 5.78 Å². The van der Waals surface area contributed by atoms with E-state index >= 15 is 0 Å².